The van der Waals surface area contributed by atoms with Crippen molar-refractivity contribution in [3.63, 3.8) is 0 Å². The number of rotatable bonds is 4. The van der Waals surface area contributed by atoms with Crippen molar-refractivity contribution in [2.24, 2.45) is 0 Å². The van der Waals surface area contributed by atoms with E-state index in [0.717, 1.165) is 22.8 Å². The molecule has 3 nitrogen and oxygen atoms in total. The molecule has 0 unspecified atom stereocenters. The van der Waals surface area contributed by atoms with Crippen LogP contribution in [0.5, 0.6) is 0 Å². The second-order valence-electron chi connectivity index (χ2n) is 4.95. The molecule has 0 saturated heterocycles. The Morgan fingerprint density at radius 1 is 1.14 bits per heavy atom. The number of hydrogen-bond donors (Lipinski definition) is 1. The van der Waals surface area contributed by atoms with Gasteiger partial charge in [-0.25, -0.2) is 0 Å². The van der Waals surface area contributed by atoms with E-state index in [-0.39, 0.29) is 0 Å². The van der Waals surface area contributed by atoms with Crippen molar-refractivity contribution in [3.8, 4) is 17.1 Å². The van der Waals surface area contributed by atoms with Crippen molar-refractivity contribution in [2.75, 3.05) is 5.75 Å². The maximum absolute atomic E-state index is 5.43. The molecule has 0 radical (unpaired) electrons. The van der Waals surface area contributed by atoms with Crippen molar-refractivity contribution in [1.29, 1.82) is 0 Å². The first kappa shape index (κ1) is 15.1. The Morgan fingerprint density at radius 2 is 1.86 bits per heavy atom. The van der Waals surface area contributed by atoms with Crippen LogP contribution in [0.1, 0.15) is 12.5 Å². The van der Waals surface area contributed by atoms with E-state index in [1.165, 1.54) is 10.5 Å². The molecule has 3 aromatic rings. The lowest BCUT2D eigenvalue weighted by molar-refractivity contribution is 1.03. The first-order chi connectivity index (χ1) is 10.7. The first-order valence-corrected chi connectivity index (χ1v) is 8.56. The normalized spacial score (nSPS) is 10.8. The summed E-state index contributed by atoms with van der Waals surface area (Å²) < 4.78 is 2.60. The van der Waals surface area contributed by atoms with E-state index >= 15 is 0 Å². The average Bonchev–Trinajstić information content (AvgIpc) is 2.91. The number of thioether (sulfide) groups is 1. The molecule has 0 atom stereocenters. The van der Waals surface area contributed by atoms with Crippen LogP contribution in [-0.4, -0.2) is 20.5 Å². The van der Waals surface area contributed by atoms with Gasteiger partial charge in [-0.05, 0) is 43.1 Å². The molecule has 0 fully saturated rings. The number of aromatic amines is 1. The molecular formula is C17H17N3S2. The summed E-state index contributed by atoms with van der Waals surface area (Å²) in [4.78, 5) is 1.22. The van der Waals surface area contributed by atoms with Crippen molar-refractivity contribution < 1.29 is 0 Å². The van der Waals surface area contributed by atoms with E-state index in [9.17, 15) is 0 Å². The molecule has 0 aliphatic carbocycles. The zero-order valence-corrected chi connectivity index (χ0v) is 14.2. The number of aryl methyl sites for hydroxylation is 1. The molecular weight excluding hydrogens is 310 g/mol. The minimum Gasteiger partial charge on any atom is -0.268 e. The lowest BCUT2D eigenvalue weighted by Gasteiger charge is -2.10. The highest BCUT2D eigenvalue weighted by Gasteiger charge is 2.14. The standard InChI is InChI=1S/C17H17N3S2/c1-3-22-15-7-5-4-6-14(15)16-18-19-17(21)20(16)13-10-8-12(2)9-11-13/h4-11H,3H2,1-2H3,(H,19,21). The molecule has 2 aromatic carbocycles. The molecule has 0 aliphatic rings. The van der Waals surface area contributed by atoms with Gasteiger partial charge in [0.1, 0.15) is 0 Å². The molecule has 1 heterocycles. The van der Waals surface area contributed by atoms with E-state index in [1.54, 1.807) is 0 Å². The van der Waals surface area contributed by atoms with Crippen LogP contribution in [0, 0.1) is 11.7 Å². The van der Waals surface area contributed by atoms with Gasteiger partial charge in [0.15, 0.2) is 10.6 Å². The topological polar surface area (TPSA) is 33.6 Å². The highest BCUT2D eigenvalue weighted by molar-refractivity contribution is 7.99. The quantitative estimate of drug-likeness (QED) is 0.540. The van der Waals surface area contributed by atoms with Gasteiger partial charge < -0.3 is 0 Å². The van der Waals surface area contributed by atoms with Crippen LogP contribution >= 0.6 is 24.0 Å². The zero-order valence-electron chi connectivity index (χ0n) is 12.5. The van der Waals surface area contributed by atoms with Crippen LogP contribution in [0.15, 0.2) is 53.4 Å². The Morgan fingerprint density at radius 3 is 2.59 bits per heavy atom. The summed E-state index contributed by atoms with van der Waals surface area (Å²) in [5.74, 6) is 1.87. The summed E-state index contributed by atoms with van der Waals surface area (Å²) in [6.45, 7) is 4.23. The second-order valence-corrected chi connectivity index (χ2v) is 6.65. The third kappa shape index (κ3) is 2.87. The minimum absolute atomic E-state index is 0.607. The predicted octanol–water partition coefficient (Wildman–Crippen LogP) is 5.02. The molecule has 22 heavy (non-hydrogen) atoms. The highest BCUT2D eigenvalue weighted by atomic mass is 32.2. The van der Waals surface area contributed by atoms with Gasteiger partial charge in [-0.2, -0.15) is 5.10 Å². The van der Waals surface area contributed by atoms with E-state index < -0.39 is 0 Å². The van der Waals surface area contributed by atoms with Crippen LogP contribution in [0.25, 0.3) is 17.1 Å². The Balaban J connectivity index is 2.18. The number of H-pyrrole nitrogens is 1. The smallest absolute Gasteiger partial charge is 0.200 e. The largest absolute Gasteiger partial charge is 0.268 e. The summed E-state index contributed by atoms with van der Waals surface area (Å²) in [5, 5.41) is 7.38. The van der Waals surface area contributed by atoms with E-state index in [2.05, 4.69) is 66.5 Å². The average molecular weight is 327 g/mol. The number of hydrogen-bond acceptors (Lipinski definition) is 3. The molecule has 0 saturated carbocycles. The fourth-order valence-electron chi connectivity index (χ4n) is 2.34. The van der Waals surface area contributed by atoms with Gasteiger partial charge in [0, 0.05) is 16.1 Å². The third-order valence-corrected chi connectivity index (χ3v) is 4.62. The molecule has 1 aromatic heterocycles. The summed E-state index contributed by atoms with van der Waals surface area (Å²) in [6.07, 6.45) is 0. The van der Waals surface area contributed by atoms with Gasteiger partial charge in [0.25, 0.3) is 0 Å². The van der Waals surface area contributed by atoms with Gasteiger partial charge in [-0.3, -0.25) is 9.67 Å². The number of benzene rings is 2. The van der Waals surface area contributed by atoms with Crippen molar-refractivity contribution >= 4 is 24.0 Å². The monoisotopic (exact) mass is 327 g/mol. The summed E-state index contributed by atoms with van der Waals surface area (Å²) in [7, 11) is 0. The maximum Gasteiger partial charge on any atom is 0.200 e. The van der Waals surface area contributed by atoms with Gasteiger partial charge in [0.05, 0.1) is 0 Å². The molecule has 0 bridgehead atoms. The lowest BCUT2D eigenvalue weighted by Crippen LogP contribution is -1.98. The molecule has 1 N–H and O–H groups in total. The Labute approximate surface area is 139 Å². The Kier molecular flexibility index (Phi) is 4.45. The second kappa shape index (κ2) is 6.50. The van der Waals surface area contributed by atoms with Crippen molar-refractivity contribution in [2.45, 2.75) is 18.7 Å². The zero-order chi connectivity index (χ0) is 15.5. The van der Waals surface area contributed by atoms with Crippen molar-refractivity contribution in [3.05, 3.63) is 58.9 Å². The Bertz CT molecular complexity index is 832. The fourth-order valence-corrected chi connectivity index (χ4v) is 3.38. The minimum atomic E-state index is 0.607. The molecule has 0 amide bonds. The van der Waals surface area contributed by atoms with Gasteiger partial charge >= 0.3 is 0 Å². The van der Waals surface area contributed by atoms with E-state index in [0.29, 0.717) is 4.77 Å². The van der Waals surface area contributed by atoms with Crippen LogP contribution < -0.4 is 0 Å². The Hall–Kier alpha value is -1.85. The number of nitrogens with zero attached hydrogens (tertiary/aromatic N) is 2. The van der Waals surface area contributed by atoms with Gasteiger partial charge in [-0.15, -0.1) is 11.8 Å². The fraction of sp³-hybridized carbons (Fsp3) is 0.176. The first-order valence-electron chi connectivity index (χ1n) is 7.17. The molecule has 112 valence electrons. The molecule has 0 aliphatic heterocycles. The van der Waals surface area contributed by atoms with E-state index in [4.69, 9.17) is 12.2 Å². The maximum atomic E-state index is 5.43. The predicted molar refractivity (Wildman–Crippen MR) is 95.3 cm³/mol. The van der Waals surface area contributed by atoms with Gasteiger partial charge in [0.2, 0.25) is 0 Å². The molecule has 3 rings (SSSR count). The lowest BCUT2D eigenvalue weighted by atomic mass is 10.2. The SMILES string of the molecule is CCSc1ccccc1-c1n[nH]c(=S)n1-c1ccc(C)cc1. The molecule has 5 heteroatoms. The van der Waals surface area contributed by atoms with E-state index in [1.807, 2.05) is 22.4 Å². The summed E-state index contributed by atoms with van der Waals surface area (Å²) >= 11 is 7.24. The summed E-state index contributed by atoms with van der Waals surface area (Å²) in [5.41, 5.74) is 3.35. The van der Waals surface area contributed by atoms with Crippen LogP contribution in [-0.2, 0) is 0 Å². The highest BCUT2D eigenvalue weighted by Crippen LogP contribution is 2.31. The third-order valence-electron chi connectivity index (χ3n) is 3.39. The van der Waals surface area contributed by atoms with Gasteiger partial charge in [-0.1, -0.05) is 42.8 Å². The summed E-state index contributed by atoms with van der Waals surface area (Å²) in [6, 6.07) is 16.6. The number of nitrogens with one attached hydrogen (secondary N) is 1. The van der Waals surface area contributed by atoms with Crippen LogP contribution in [0.2, 0.25) is 0 Å². The number of aromatic nitrogens is 3. The van der Waals surface area contributed by atoms with Crippen LogP contribution in [0.4, 0.5) is 0 Å². The molecule has 0 spiro atoms. The van der Waals surface area contributed by atoms with Crippen molar-refractivity contribution in [1.82, 2.24) is 14.8 Å². The van der Waals surface area contributed by atoms with Crippen LogP contribution in [0.3, 0.4) is 0 Å².